The Balaban J connectivity index is 2.13. The van der Waals surface area contributed by atoms with Crippen molar-refractivity contribution in [1.29, 1.82) is 0 Å². The number of hydrogen-bond donors (Lipinski definition) is 0. The molecular formula is C11H17FO4. The summed E-state index contributed by atoms with van der Waals surface area (Å²) in [5.74, 6) is 0.378. The van der Waals surface area contributed by atoms with E-state index in [9.17, 15) is 14.0 Å². The molecule has 0 amide bonds. The van der Waals surface area contributed by atoms with Crippen molar-refractivity contribution in [2.24, 2.45) is 11.8 Å². The molecule has 0 radical (unpaired) electrons. The van der Waals surface area contributed by atoms with E-state index in [4.69, 9.17) is 4.74 Å². The van der Waals surface area contributed by atoms with Crippen LogP contribution in [0.3, 0.4) is 0 Å². The summed E-state index contributed by atoms with van der Waals surface area (Å²) in [6.07, 6.45) is 1.93. The standard InChI is InChI=1S/C11H17FO4/c1-8(13)15-6-9-2-4-10(5-3-9)7-16-11(12)14/h9-10H,2-7H2,1H3. The molecule has 0 aliphatic heterocycles. The Morgan fingerprint density at radius 3 is 1.88 bits per heavy atom. The molecule has 92 valence electrons. The van der Waals surface area contributed by atoms with Gasteiger partial charge in [0.1, 0.15) is 0 Å². The minimum Gasteiger partial charge on any atom is -0.466 e. The molecule has 0 bridgehead atoms. The van der Waals surface area contributed by atoms with Crippen molar-refractivity contribution < 1.29 is 23.5 Å². The average molecular weight is 232 g/mol. The second-order valence-corrected chi connectivity index (χ2v) is 4.24. The van der Waals surface area contributed by atoms with E-state index in [1.807, 2.05) is 0 Å². The first-order valence-electron chi connectivity index (χ1n) is 5.53. The molecule has 0 aromatic heterocycles. The van der Waals surface area contributed by atoms with E-state index in [-0.39, 0.29) is 18.5 Å². The molecule has 16 heavy (non-hydrogen) atoms. The molecule has 0 unspecified atom stereocenters. The van der Waals surface area contributed by atoms with Gasteiger partial charge in [-0.3, -0.25) is 4.79 Å². The highest BCUT2D eigenvalue weighted by Gasteiger charge is 2.22. The molecule has 0 saturated heterocycles. The number of ether oxygens (including phenoxy) is 2. The Morgan fingerprint density at radius 1 is 1.06 bits per heavy atom. The normalized spacial score (nSPS) is 24.9. The van der Waals surface area contributed by atoms with Gasteiger partial charge in [0, 0.05) is 6.92 Å². The fourth-order valence-electron chi connectivity index (χ4n) is 1.98. The first kappa shape index (κ1) is 12.9. The molecule has 1 saturated carbocycles. The summed E-state index contributed by atoms with van der Waals surface area (Å²) in [6.45, 7) is 2.02. The summed E-state index contributed by atoms with van der Waals surface area (Å²) in [5.41, 5.74) is 0. The molecule has 1 aliphatic carbocycles. The van der Waals surface area contributed by atoms with E-state index in [1.165, 1.54) is 6.92 Å². The smallest absolute Gasteiger partial charge is 0.466 e. The Labute approximate surface area is 94.1 Å². The second-order valence-electron chi connectivity index (χ2n) is 4.24. The van der Waals surface area contributed by atoms with Crippen LogP contribution < -0.4 is 0 Å². The second kappa shape index (κ2) is 6.45. The third kappa shape index (κ3) is 5.09. The van der Waals surface area contributed by atoms with Gasteiger partial charge < -0.3 is 9.47 Å². The first-order valence-corrected chi connectivity index (χ1v) is 5.53. The molecule has 0 spiro atoms. The van der Waals surface area contributed by atoms with Crippen molar-refractivity contribution in [2.75, 3.05) is 13.2 Å². The lowest BCUT2D eigenvalue weighted by Gasteiger charge is -2.27. The zero-order chi connectivity index (χ0) is 12.0. The van der Waals surface area contributed by atoms with Gasteiger partial charge in [0.25, 0.3) is 0 Å². The van der Waals surface area contributed by atoms with Crippen LogP contribution in [0.1, 0.15) is 32.6 Å². The zero-order valence-electron chi connectivity index (χ0n) is 9.41. The molecule has 4 nitrogen and oxygen atoms in total. The van der Waals surface area contributed by atoms with Crippen LogP contribution >= 0.6 is 0 Å². The predicted octanol–water partition coefficient (Wildman–Crippen LogP) is 2.46. The van der Waals surface area contributed by atoms with Crippen molar-refractivity contribution in [2.45, 2.75) is 32.6 Å². The molecule has 5 heteroatoms. The molecular weight excluding hydrogens is 215 g/mol. The van der Waals surface area contributed by atoms with Crippen LogP contribution in [0.5, 0.6) is 0 Å². The predicted molar refractivity (Wildman–Crippen MR) is 54.5 cm³/mol. The highest BCUT2D eigenvalue weighted by atomic mass is 19.1. The largest absolute Gasteiger partial charge is 0.495 e. The summed E-state index contributed by atoms with van der Waals surface area (Å²) >= 11 is 0. The molecule has 0 N–H and O–H groups in total. The van der Waals surface area contributed by atoms with E-state index >= 15 is 0 Å². The van der Waals surface area contributed by atoms with Gasteiger partial charge in [0.05, 0.1) is 13.2 Å². The van der Waals surface area contributed by atoms with E-state index < -0.39 is 6.22 Å². The number of hydrogen-bond acceptors (Lipinski definition) is 4. The summed E-state index contributed by atoms with van der Waals surface area (Å²) in [6, 6.07) is 0. The number of carbonyl (C=O) groups excluding carboxylic acids is 2. The van der Waals surface area contributed by atoms with Crippen LogP contribution in [0.15, 0.2) is 0 Å². The minimum atomic E-state index is -1.71. The number of rotatable bonds is 4. The number of carbonyl (C=O) groups is 2. The highest BCUT2D eigenvalue weighted by molar-refractivity contribution is 5.65. The lowest BCUT2D eigenvalue weighted by atomic mass is 9.83. The quantitative estimate of drug-likeness (QED) is 0.552. The van der Waals surface area contributed by atoms with Gasteiger partial charge in [-0.15, -0.1) is 4.39 Å². The Morgan fingerprint density at radius 2 is 1.50 bits per heavy atom. The van der Waals surface area contributed by atoms with Gasteiger partial charge in [-0.25, -0.2) is 4.79 Å². The molecule has 0 aromatic rings. The lowest BCUT2D eigenvalue weighted by molar-refractivity contribution is -0.142. The lowest BCUT2D eigenvalue weighted by Crippen LogP contribution is -2.22. The van der Waals surface area contributed by atoms with Crippen LogP contribution in [0.2, 0.25) is 0 Å². The van der Waals surface area contributed by atoms with Crippen molar-refractivity contribution in [1.82, 2.24) is 0 Å². The van der Waals surface area contributed by atoms with E-state index in [1.54, 1.807) is 0 Å². The van der Waals surface area contributed by atoms with E-state index in [2.05, 4.69) is 4.74 Å². The van der Waals surface area contributed by atoms with Crippen LogP contribution in [-0.4, -0.2) is 25.4 Å². The van der Waals surface area contributed by atoms with Gasteiger partial charge in [0.15, 0.2) is 0 Å². The maximum Gasteiger partial charge on any atom is 0.495 e. The fourth-order valence-corrected chi connectivity index (χ4v) is 1.98. The van der Waals surface area contributed by atoms with Gasteiger partial charge in [-0.1, -0.05) is 0 Å². The van der Waals surface area contributed by atoms with Gasteiger partial charge in [-0.05, 0) is 37.5 Å². The molecule has 0 aromatic carbocycles. The van der Waals surface area contributed by atoms with Crippen molar-refractivity contribution in [3.63, 3.8) is 0 Å². The third-order valence-corrected chi connectivity index (χ3v) is 2.92. The maximum atomic E-state index is 11.8. The molecule has 0 heterocycles. The first-order chi connectivity index (χ1) is 7.58. The number of esters is 1. The van der Waals surface area contributed by atoms with Crippen LogP contribution in [0.4, 0.5) is 9.18 Å². The fraction of sp³-hybridized carbons (Fsp3) is 0.818. The average Bonchev–Trinajstić information content (AvgIpc) is 2.25. The summed E-state index contributed by atoms with van der Waals surface area (Å²) in [4.78, 5) is 20.6. The Hall–Kier alpha value is -1.13. The molecule has 1 fully saturated rings. The van der Waals surface area contributed by atoms with Gasteiger partial charge in [-0.2, -0.15) is 0 Å². The maximum absolute atomic E-state index is 11.8. The molecule has 1 aliphatic rings. The van der Waals surface area contributed by atoms with Crippen LogP contribution in [0.25, 0.3) is 0 Å². The zero-order valence-corrected chi connectivity index (χ0v) is 9.41. The van der Waals surface area contributed by atoms with Crippen LogP contribution in [0, 0.1) is 11.8 Å². The van der Waals surface area contributed by atoms with Crippen molar-refractivity contribution in [3.8, 4) is 0 Å². The summed E-state index contributed by atoms with van der Waals surface area (Å²) < 4.78 is 21.1. The molecule has 1 rings (SSSR count). The highest BCUT2D eigenvalue weighted by Crippen LogP contribution is 2.29. The topological polar surface area (TPSA) is 52.6 Å². The van der Waals surface area contributed by atoms with E-state index in [0.29, 0.717) is 12.5 Å². The van der Waals surface area contributed by atoms with Crippen molar-refractivity contribution >= 4 is 12.2 Å². The van der Waals surface area contributed by atoms with Gasteiger partial charge in [0.2, 0.25) is 0 Å². The number of halogens is 1. The monoisotopic (exact) mass is 232 g/mol. The third-order valence-electron chi connectivity index (χ3n) is 2.92. The Bertz CT molecular complexity index is 220. The summed E-state index contributed by atoms with van der Waals surface area (Å²) in [5, 5.41) is 0. The van der Waals surface area contributed by atoms with Gasteiger partial charge >= 0.3 is 12.2 Å². The van der Waals surface area contributed by atoms with Crippen LogP contribution in [-0.2, 0) is 14.3 Å². The SMILES string of the molecule is CC(=O)OCC1CCC(COC(=O)F)CC1. The molecule has 0 atom stereocenters. The Kier molecular flexibility index (Phi) is 5.22. The van der Waals surface area contributed by atoms with E-state index in [0.717, 1.165) is 25.7 Å². The van der Waals surface area contributed by atoms with Crippen molar-refractivity contribution in [3.05, 3.63) is 0 Å². The summed E-state index contributed by atoms with van der Waals surface area (Å²) in [7, 11) is 0. The minimum absolute atomic E-state index is 0.162.